The third-order valence-electron chi connectivity index (χ3n) is 2.45. The number of nitrogens with zero attached hydrogens (tertiary/aromatic N) is 1. The van der Waals surface area contributed by atoms with Gasteiger partial charge < -0.3 is 0 Å². The summed E-state index contributed by atoms with van der Waals surface area (Å²) in [5, 5.41) is 7.75. The van der Waals surface area contributed by atoms with Crippen LogP contribution in [0.15, 0.2) is 35.5 Å². The van der Waals surface area contributed by atoms with Crippen LogP contribution in [0, 0.1) is 0 Å². The monoisotopic (exact) mass is 194 g/mol. The van der Waals surface area contributed by atoms with Crippen molar-refractivity contribution in [1.29, 1.82) is 0 Å². The molecule has 1 N–H and O–H groups in total. The van der Waals surface area contributed by atoms with Crippen LogP contribution in [-0.4, -0.2) is 10.2 Å². The maximum Gasteiger partial charge on any atom is 0.0490 e. The Morgan fingerprint density at radius 2 is 2.46 bits per heavy atom. The van der Waals surface area contributed by atoms with Gasteiger partial charge in [0.1, 0.15) is 0 Å². The van der Waals surface area contributed by atoms with Crippen LogP contribution in [0.4, 0.5) is 0 Å². The highest BCUT2D eigenvalue weighted by atomic mass is 35.5. The maximum absolute atomic E-state index is 5.85. The third kappa shape index (κ3) is 1.54. The van der Waals surface area contributed by atoms with E-state index in [1.165, 1.54) is 0 Å². The second kappa shape index (κ2) is 3.04. The number of hydrogen-bond acceptors (Lipinski definition) is 1. The lowest BCUT2D eigenvalue weighted by Crippen LogP contribution is -2.20. The highest BCUT2D eigenvalue weighted by Crippen LogP contribution is 2.32. The summed E-state index contributed by atoms with van der Waals surface area (Å²) in [6, 6.07) is 2.00. The fourth-order valence-corrected chi connectivity index (χ4v) is 1.62. The van der Waals surface area contributed by atoms with Gasteiger partial charge in [-0.2, -0.15) is 5.10 Å². The highest BCUT2D eigenvalue weighted by Gasteiger charge is 2.25. The molecule has 1 heterocycles. The Bertz CT molecular complexity index is 351. The first-order chi connectivity index (χ1) is 6.21. The number of halogens is 1. The summed E-state index contributed by atoms with van der Waals surface area (Å²) in [6.07, 6.45) is 8.77. The summed E-state index contributed by atoms with van der Waals surface area (Å²) in [5.41, 5.74) is 1.15. The lowest BCUT2D eigenvalue weighted by Gasteiger charge is -2.25. The average Bonchev–Trinajstić information content (AvgIpc) is 2.63. The van der Waals surface area contributed by atoms with Gasteiger partial charge in [0.05, 0.1) is 0 Å². The molecule has 0 saturated heterocycles. The number of allylic oxidation sites excluding steroid dienone is 4. The van der Waals surface area contributed by atoms with E-state index in [1.54, 1.807) is 6.20 Å². The SMILES string of the molecule is CC1(c2ccn[nH]2)C=CC(Cl)=CC1. The molecule has 1 unspecified atom stereocenters. The van der Waals surface area contributed by atoms with Crippen molar-refractivity contribution in [3.63, 3.8) is 0 Å². The zero-order chi connectivity index (χ0) is 9.31. The number of rotatable bonds is 1. The first-order valence-electron chi connectivity index (χ1n) is 4.25. The van der Waals surface area contributed by atoms with Gasteiger partial charge in [0.15, 0.2) is 0 Å². The molecule has 0 aliphatic heterocycles. The summed E-state index contributed by atoms with van der Waals surface area (Å²) in [7, 11) is 0. The predicted octanol–water partition coefficient (Wildman–Crippen LogP) is 2.75. The Kier molecular flexibility index (Phi) is 2.00. The van der Waals surface area contributed by atoms with Crippen LogP contribution >= 0.6 is 11.6 Å². The molecule has 3 heteroatoms. The van der Waals surface area contributed by atoms with Crippen LogP contribution < -0.4 is 0 Å². The lowest BCUT2D eigenvalue weighted by molar-refractivity contribution is 0.576. The predicted molar refractivity (Wildman–Crippen MR) is 53.6 cm³/mol. The minimum absolute atomic E-state index is 0.0227. The summed E-state index contributed by atoms with van der Waals surface area (Å²) < 4.78 is 0. The van der Waals surface area contributed by atoms with Crippen molar-refractivity contribution in [3.05, 3.63) is 41.2 Å². The highest BCUT2D eigenvalue weighted by molar-refractivity contribution is 6.31. The van der Waals surface area contributed by atoms with Crippen molar-refractivity contribution in [2.75, 3.05) is 0 Å². The standard InChI is InChI=1S/C10H11ClN2/c1-10(9-4-7-12-13-9)5-2-8(11)3-6-10/h2-5,7H,6H2,1H3,(H,12,13). The Labute approximate surface area is 82.3 Å². The lowest BCUT2D eigenvalue weighted by atomic mass is 9.81. The minimum Gasteiger partial charge on any atom is -0.282 e. The van der Waals surface area contributed by atoms with Crippen LogP contribution in [0.2, 0.25) is 0 Å². The summed E-state index contributed by atoms with van der Waals surface area (Å²) >= 11 is 5.85. The average molecular weight is 195 g/mol. The zero-order valence-electron chi connectivity index (χ0n) is 7.42. The summed E-state index contributed by atoms with van der Waals surface area (Å²) in [5.74, 6) is 0. The van der Waals surface area contributed by atoms with E-state index in [9.17, 15) is 0 Å². The number of aromatic nitrogens is 2. The Balaban J connectivity index is 2.30. The van der Waals surface area contributed by atoms with Crippen molar-refractivity contribution in [1.82, 2.24) is 10.2 Å². The van der Waals surface area contributed by atoms with Crippen molar-refractivity contribution in [3.8, 4) is 0 Å². The van der Waals surface area contributed by atoms with Gasteiger partial charge in [0.25, 0.3) is 0 Å². The van der Waals surface area contributed by atoms with Crippen molar-refractivity contribution in [2.45, 2.75) is 18.8 Å². The minimum atomic E-state index is 0.0227. The third-order valence-corrected chi connectivity index (χ3v) is 2.73. The zero-order valence-corrected chi connectivity index (χ0v) is 8.17. The van der Waals surface area contributed by atoms with Crippen molar-refractivity contribution < 1.29 is 0 Å². The first kappa shape index (κ1) is 8.57. The van der Waals surface area contributed by atoms with Gasteiger partial charge in [-0.05, 0) is 18.6 Å². The second-order valence-electron chi connectivity index (χ2n) is 3.51. The van der Waals surface area contributed by atoms with E-state index in [0.29, 0.717) is 0 Å². The van der Waals surface area contributed by atoms with E-state index in [1.807, 2.05) is 18.2 Å². The topological polar surface area (TPSA) is 28.7 Å². The molecule has 0 aromatic carbocycles. The molecule has 0 saturated carbocycles. The van der Waals surface area contributed by atoms with E-state index in [-0.39, 0.29) is 5.41 Å². The normalized spacial score (nSPS) is 27.4. The number of aromatic amines is 1. The molecule has 2 nitrogen and oxygen atoms in total. The van der Waals surface area contributed by atoms with Crippen LogP contribution in [0.5, 0.6) is 0 Å². The van der Waals surface area contributed by atoms with E-state index in [4.69, 9.17) is 11.6 Å². The fraction of sp³-hybridized carbons (Fsp3) is 0.300. The van der Waals surface area contributed by atoms with E-state index in [0.717, 1.165) is 17.1 Å². The van der Waals surface area contributed by atoms with Gasteiger partial charge in [0, 0.05) is 22.3 Å². The first-order valence-corrected chi connectivity index (χ1v) is 4.63. The van der Waals surface area contributed by atoms with Gasteiger partial charge in [-0.15, -0.1) is 0 Å². The van der Waals surface area contributed by atoms with Crippen LogP contribution in [-0.2, 0) is 5.41 Å². The molecule has 1 aliphatic carbocycles. The molecular weight excluding hydrogens is 184 g/mol. The molecule has 0 spiro atoms. The van der Waals surface area contributed by atoms with Crippen LogP contribution in [0.1, 0.15) is 19.0 Å². The second-order valence-corrected chi connectivity index (χ2v) is 3.95. The largest absolute Gasteiger partial charge is 0.282 e. The summed E-state index contributed by atoms with van der Waals surface area (Å²) in [6.45, 7) is 2.16. The molecular formula is C10H11ClN2. The molecule has 13 heavy (non-hydrogen) atoms. The summed E-state index contributed by atoms with van der Waals surface area (Å²) in [4.78, 5) is 0. The number of H-pyrrole nitrogens is 1. The maximum atomic E-state index is 5.85. The van der Waals surface area contributed by atoms with Gasteiger partial charge >= 0.3 is 0 Å². The van der Waals surface area contributed by atoms with Crippen molar-refractivity contribution >= 4 is 11.6 Å². The van der Waals surface area contributed by atoms with E-state index >= 15 is 0 Å². The molecule has 0 radical (unpaired) electrons. The number of hydrogen-bond donors (Lipinski definition) is 1. The molecule has 0 fully saturated rings. The van der Waals surface area contributed by atoms with Gasteiger partial charge in [-0.3, -0.25) is 5.10 Å². The molecule has 1 aromatic heterocycles. The smallest absolute Gasteiger partial charge is 0.0490 e. The Morgan fingerprint density at radius 1 is 1.62 bits per heavy atom. The van der Waals surface area contributed by atoms with Gasteiger partial charge in [-0.1, -0.05) is 30.7 Å². The molecule has 0 bridgehead atoms. The molecule has 68 valence electrons. The van der Waals surface area contributed by atoms with Gasteiger partial charge in [-0.25, -0.2) is 0 Å². The molecule has 1 atom stereocenters. The molecule has 2 rings (SSSR count). The number of nitrogens with one attached hydrogen (secondary N) is 1. The van der Waals surface area contributed by atoms with Crippen LogP contribution in [0.25, 0.3) is 0 Å². The van der Waals surface area contributed by atoms with Crippen molar-refractivity contribution in [2.24, 2.45) is 0 Å². The molecule has 0 amide bonds. The quantitative estimate of drug-likeness (QED) is 0.732. The Morgan fingerprint density at radius 3 is 3.00 bits per heavy atom. The molecule has 1 aromatic rings. The molecule has 1 aliphatic rings. The van der Waals surface area contributed by atoms with E-state index < -0.39 is 0 Å². The van der Waals surface area contributed by atoms with Crippen LogP contribution in [0.3, 0.4) is 0 Å². The van der Waals surface area contributed by atoms with E-state index in [2.05, 4.69) is 23.2 Å². The fourth-order valence-electron chi connectivity index (χ4n) is 1.48. The Hall–Kier alpha value is -1.02. The van der Waals surface area contributed by atoms with Gasteiger partial charge in [0.2, 0.25) is 0 Å².